The largest absolute Gasteiger partial charge is 0.487 e. The summed E-state index contributed by atoms with van der Waals surface area (Å²) in [4.78, 5) is 0. The Hall–Kier alpha value is -1.58. The van der Waals surface area contributed by atoms with E-state index < -0.39 is 0 Å². The fourth-order valence-corrected chi connectivity index (χ4v) is 2.33. The first kappa shape index (κ1) is 15.8. The maximum Gasteiger partial charge on any atom is 0.142 e. The molecule has 112 valence electrons. The van der Waals surface area contributed by atoms with Gasteiger partial charge in [-0.1, -0.05) is 36.7 Å². The molecular formula is C17H19ClFNO. The van der Waals surface area contributed by atoms with Crippen molar-refractivity contribution in [3.8, 4) is 5.75 Å². The van der Waals surface area contributed by atoms with Crippen molar-refractivity contribution in [1.29, 1.82) is 0 Å². The van der Waals surface area contributed by atoms with Gasteiger partial charge < -0.3 is 10.1 Å². The summed E-state index contributed by atoms with van der Waals surface area (Å²) >= 11 is 6.23. The highest BCUT2D eigenvalue weighted by Crippen LogP contribution is 2.29. The van der Waals surface area contributed by atoms with Gasteiger partial charge in [-0.15, -0.1) is 0 Å². The van der Waals surface area contributed by atoms with Crippen LogP contribution in [0.15, 0.2) is 36.4 Å². The number of benzene rings is 2. The van der Waals surface area contributed by atoms with Crippen LogP contribution in [-0.2, 0) is 13.2 Å². The van der Waals surface area contributed by atoms with Crippen LogP contribution in [0, 0.1) is 12.7 Å². The summed E-state index contributed by atoms with van der Waals surface area (Å²) in [6.45, 7) is 5.87. The number of para-hydroxylation sites is 1. The van der Waals surface area contributed by atoms with Gasteiger partial charge >= 0.3 is 0 Å². The maximum absolute atomic E-state index is 13.1. The summed E-state index contributed by atoms with van der Waals surface area (Å²) in [7, 11) is 0. The van der Waals surface area contributed by atoms with Gasteiger partial charge in [-0.2, -0.15) is 0 Å². The molecule has 0 aliphatic heterocycles. The molecule has 0 amide bonds. The molecule has 2 rings (SSSR count). The Kier molecular flexibility index (Phi) is 5.59. The zero-order chi connectivity index (χ0) is 15.2. The lowest BCUT2D eigenvalue weighted by atomic mass is 10.1. The Morgan fingerprint density at radius 2 is 2.00 bits per heavy atom. The van der Waals surface area contributed by atoms with E-state index in [9.17, 15) is 4.39 Å². The van der Waals surface area contributed by atoms with Crippen LogP contribution in [0.25, 0.3) is 0 Å². The summed E-state index contributed by atoms with van der Waals surface area (Å²) in [5.41, 5.74) is 2.84. The second-order valence-electron chi connectivity index (χ2n) is 4.87. The molecule has 0 unspecified atom stereocenters. The second kappa shape index (κ2) is 7.43. The molecule has 2 aromatic rings. The van der Waals surface area contributed by atoms with Crippen LogP contribution < -0.4 is 10.1 Å². The molecule has 0 radical (unpaired) electrons. The van der Waals surface area contributed by atoms with E-state index in [2.05, 4.69) is 5.32 Å². The van der Waals surface area contributed by atoms with Gasteiger partial charge in [-0.25, -0.2) is 4.39 Å². The summed E-state index contributed by atoms with van der Waals surface area (Å²) in [6, 6.07) is 10.4. The molecule has 2 nitrogen and oxygen atoms in total. The first-order chi connectivity index (χ1) is 10.1. The third-order valence-corrected chi connectivity index (χ3v) is 3.59. The molecular weight excluding hydrogens is 289 g/mol. The van der Waals surface area contributed by atoms with Crippen LogP contribution in [-0.4, -0.2) is 6.54 Å². The molecule has 1 N–H and O–H groups in total. The van der Waals surface area contributed by atoms with E-state index in [0.29, 0.717) is 23.9 Å². The van der Waals surface area contributed by atoms with Crippen LogP contribution in [0.1, 0.15) is 23.6 Å². The Labute approximate surface area is 129 Å². The van der Waals surface area contributed by atoms with Gasteiger partial charge in [0.1, 0.15) is 18.2 Å². The molecule has 0 atom stereocenters. The Morgan fingerprint density at radius 1 is 1.19 bits per heavy atom. The molecule has 21 heavy (non-hydrogen) atoms. The molecule has 0 saturated carbocycles. The number of halogens is 2. The summed E-state index contributed by atoms with van der Waals surface area (Å²) in [5, 5.41) is 3.85. The van der Waals surface area contributed by atoms with E-state index in [1.54, 1.807) is 6.07 Å². The average molecular weight is 308 g/mol. The molecule has 0 bridgehead atoms. The molecule has 4 heteroatoms. The van der Waals surface area contributed by atoms with Crippen molar-refractivity contribution in [2.75, 3.05) is 6.54 Å². The Bertz CT molecular complexity index is 616. The van der Waals surface area contributed by atoms with Gasteiger partial charge in [-0.05, 0) is 42.8 Å². The van der Waals surface area contributed by atoms with Crippen molar-refractivity contribution >= 4 is 11.6 Å². The van der Waals surface area contributed by atoms with Gasteiger partial charge in [0.2, 0.25) is 0 Å². The van der Waals surface area contributed by atoms with Crippen molar-refractivity contribution in [2.24, 2.45) is 0 Å². The highest BCUT2D eigenvalue weighted by Gasteiger charge is 2.09. The molecule has 0 heterocycles. The molecule has 0 saturated heterocycles. The van der Waals surface area contributed by atoms with Gasteiger partial charge in [0, 0.05) is 12.1 Å². The van der Waals surface area contributed by atoms with Crippen LogP contribution in [0.2, 0.25) is 5.02 Å². The highest BCUT2D eigenvalue weighted by atomic mass is 35.5. The van der Waals surface area contributed by atoms with E-state index in [4.69, 9.17) is 16.3 Å². The minimum Gasteiger partial charge on any atom is -0.487 e. The number of hydrogen-bond acceptors (Lipinski definition) is 2. The summed E-state index contributed by atoms with van der Waals surface area (Å²) in [5.74, 6) is 0.450. The van der Waals surface area contributed by atoms with Crippen molar-refractivity contribution in [1.82, 2.24) is 5.32 Å². The molecule has 2 aromatic carbocycles. The van der Waals surface area contributed by atoms with E-state index in [1.165, 1.54) is 12.1 Å². The number of hydrogen-bond donors (Lipinski definition) is 1. The van der Waals surface area contributed by atoms with Crippen LogP contribution >= 0.6 is 11.6 Å². The van der Waals surface area contributed by atoms with Crippen LogP contribution in [0.4, 0.5) is 4.39 Å². The predicted octanol–water partition coefficient (Wildman–Crippen LogP) is 4.48. The van der Waals surface area contributed by atoms with Crippen molar-refractivity contribution < 1.29 is 9.13 Å². The van der Waals surface area contributed by atoms with Gasteiger partial charge in [0.05, 0.1) is 5.02 Å². The smallest absolute Gasteiger partial charge is 0.142 e. The zero-order valence-electron chi connectivity index (χ0n) is 12.2. The fourth-order valence-electron chi connectivity index (χ4n) is 2.09. The number of rotatable bonds is 6. The molecule has 0 aliphatic carbocycles. The predicted molar refractivity (Wildman–Crippen MR) is 84.3 cm³/mol. The molecule has 0 spiro atoms. The lowest BCUT2D eigenvalue weighted by Crippen LogP contribution is -2.13. The summed E-state index contributed by atoms with van der Waals surface area (Å²) in [6.07, 6.45) is 0. The Morgan fingerprint density at radius 3 is 2.71 bits per heavy atom. The monoisotopic (exact) mass is 307 g/mol. The average Bonchev–Trinajstić information content (AvgIpc) is 2.45. The Balaban J connectivity index is 2.15. The topological polar surface area (TPSA) is 21.3 Å². The fraction of sp³-hybridized carbons (Fsp3) is 0.294. The van der Waals surface area contributed by atoms with E-state index in [0.717, 1.165) is 23.2 Å². The standard InChI is InChI=1S/C17H19ClFNO/c1-3-20-10-13-5-4-6-16(18)17(13)21-11-14-7-8-15(19)9-12(14)2/h4-9,20H,3,10-11H2,1-2H3. The van der Waals surface area contributed by atoms with Crippen LogP contribution in [0.5, 0.6) is 5.75 Å². The first-order valence-corrected chi connectivity index (χ1v) is 7.35. The number of nitrogens with one attached hydrogen (secondary N) is 1. The zero-order valence-corrected chi connectivity index (χ0v) is 13.0. The van der Waals surface area contributed by atoms with Gasteiger partial charge in [-0.3, -0.25) is 0 Å². The lowest BCUT2D eigenvalue weighted by molar-refractivity contribution is 0.301. The van der Waals surface area contributed by atoms with E-state index in [-0.39, 0.29) is 5.82 Å². The SMILES string of the molecule is CCNCc1cccc(Cl)c1OCc1ccc(F)cc1C. The number of aryl methyl sites for hydroxylation is 1. The van der Waals surface area contributed by atoms with Crippen molar-refractivity contribution in [2.45, 2.75) is 27.0 Å². The quantitative estimate of drug-likeness (QED) is 0.850. The lowest BCUT2D eigenvalue weighted by Gasteiger charge is -2.14. The van der Waals surface area contributed by atoms with Crippen molar-refractivity contribution in [3.63, 3.8) is 0 Å². The highest BCUT2D eigenvalue weighted by molar-refractivity contribution is 6.32. The van der Waals surface area contributed by atoms with Crippen molar-refractivity contribution in [3.05, 3.63) is 63.9 Å². The van der Waals surface area contributed by atoms with Crippen LogP contribution in [0.3, 0.4) is 0 Å². The summed E-state index contributed by atoms with van der Waals surface area (Å²) < 4.78 is 19.0. The first-order valence-electron chi connectivity index (χ1n) is 6.97. The third kappa shape index (κ3) is 4.19. The maximum atomic E-state index is 13.1. The third-order valence-electron chi connectivity index (χ3n) is 3.29. The van der Waals surface area contributed by atoms with E-state index >= 15 is 0 Å². The van der Waals surface area contributed by atoms with Gasteiger partial charge in [0.15, 0.2) is 0 Å². The number of ether oxygens (including phenoxy) is 1. The second-order valence-corrected chi connectivity index (χ2v) is 5.28. The molecule has 0 aliphatic rings. The molecule has 0 aromatic heterocycles. The minimum atomic E-state index is -0.234. The van der Waals surface area contributed by atoms with Gasteiger partial charge in [0.25, 0.3) is 0 Å². The molecule has 0 fully saturated rings. The van der Waals surface area contributed by atoms with E-state index in [1.807, 2.05) is 32.0 Å². The minimum absolute atomic E-state index is 0.234. The normalized spacial score (nSPS) is 10.7.